The van der Waals surface area contributed by atoms with Crippen molar-refractivity contribution in [3.8, 4) is 0 Å². The Morgan fingerprint density at radius 1 is 1.22 bits per heavy atom. The first-order valence-electron chi connectivity index (χ1n) is 7.52. The Hall–Kier alpha value is -2.14. The van der Waals surface area contributed by atoms with E-state index in [0.29, 0.717) is 0 Å². The highest BCUT2D eigenvalue weighted by molar-refractivity contribution is 8.13. The van der Waals surface area contributed by atoms with Crippen LogP contribution in [0.4, 0.5) is 0 Å². The molecule has 0 radical (unpaired) electrons. The van der Waals surface area contributed by atoms with E-state index < -0.39 is 0 Å². The van der Waals surface area contributed by atoms with E-state index in [-0.39, 0.29) is 0 Å². The van der Waals surface area contributed by atoms with Crippen LogP contribution >= 0.6 is 11.8 Å². The Balaban J connectivity index is 0.000000167. The molecule has 0 spiro atoms. The fourth-order valence-corrected chi connectivity index (χ4v) is 2.48. The van der Waals surface area contributed by atoms with Crippen molar-refractivity contribution in [3.05, 3.63) is 60.2 Å². The SMILES string of the molecule is CCc1nc2ccccc2o1.CN=C(C)SCc1cccnc1. The molecular formula is C18H21N3OS. The molecule has 0 unspecified atom stereocenters. The minimum absolute atomic E-state index is 0.811. The molecule has 0 aliphatic heterocycles. The quantitative estimate of drug-likeness (QED) is 0.514. The molecule has 3 rings (SSSR count). The Kier molecular flexibility index (Phi) is 6.81. The zero-order valence-corrected chi connectivity index (χ0v) is 14.5. The molecule has 0 N–H and O–H groups in total. The molecule has 0 saturated carbocycles. The number of fused-ring (bicyclic) bond motifs is 1. The number of pyridine rings is 1. The molecule has 0 aliphatic carbocycles. The van der Waals surface area contributed by atoms with E-state index in [9.17, 15) is 0 Å². The van der Waals surface area contributed by atoms with Crippen molar-refractivity contribution < 1.29 is 4.42 Å². The van der Waals surface area contributed by atoms with Crippen LogP contribution in [0.3, 0.4) is 0 Å². The van der Waals surface area contributed by atoms with E-state index in [1.807, 2.05) is 57.4 Å². The monoisotopic (exact) mass is 327 g/mol. The van der Waals surface area contributed by atoms with Gasteiger partial charge in [0, 0.05) is 31.6 Å². The minimum atomic E-state index is 0.811. The van der Waals surface area contributed by atoms with Crippen LogP contribution in [0.15, 0.2) is 58.2 Å². The summed E-state index contributed by atoms with van der Waals surface area (Å²) in [4.78, 5) is 12.4. The number of thioether (sulfide) groups is 1. The summed E-state index contributed by atoms with van der Waals surface area (Å²) in [6.07, 6.45) is 4.53. The number of oxazole rings is 1. The van der Waals surface area contributed by atoms with Crippen molar-refractivity contribution in [2.75, 3.05) is 7.05 Å². The summed E-state index contributed by atoms with van der Waals surface area (Å²) in [6, 6.07) is 11.8. The summed E-state index contributed by atoms with van der Waals surface area (Å²) < 4.78 is 5.41. The first-order valence-corrected chi connectivity index (χ1v) is 8.51. The van der Waals surface area contributed by atoms with Gasteiger partial charge in [0.15, 0.2) is 11.5 Å². The molecule has 0 atom stereocenters. The van der Waals surface area contributed by atoms with Crippen molar-refractivity contribution in [1.29, 1.82) is 0 Å². The van der Waals surface area contributed by atoms with Crippen molar-refractivity contribution in [2.24, 2.45) is 4.99 Å². The van der Waals surface area contributed by atoms with Gasteiger partial charge < -0.3 is 4.42 Å². The summed E-state index contributed by atoms with van der Waals surface area (Å²) in [5.41, 5.74) is 3.07. The van der Waals surface area contributed by atoms with Crippen molar-refractivity contribution in [3.63, 3.8) is 0 Å². The standard InChI is InChI=1S/C9H12N2S.C9H9NO/c1-8(10-2)12-7-9-4-3-5-11-6-9;1-2-9-10-7-5-3-4-6-8(7)11-9/h3-6H,7H2,1-2H3;3-6H,2H2,1H3. The average Bonchev–Trinajstić information content (AvgIpc) is 3.04. The molecule has 3 aromatic rings. The fourth-order valence-electron chi connectivity index (χ4n) is 1.81. The Labute approximate surface area is 141 Å². The van der Waals surface area contributed by atoms with Crippen LogP contribution in [0, 0.1) is 0 Å². The van der Waals surface area contributed by atoms with E-state index in [1.54, 1.807) is 18.0 Å². The van der Waals surface area contributed by atoms with Crippen molar-refractivity contribution >= 4 is 27.9 Å². The number of aliphatic imine (C=N–C) groups is 1. The van der Waals surface area contributed by atoms with E-state index in [0.717, 1.165) is 34.2 Å². The van der Waals surface area contributed by atoms with Crippen molar-refractivity contribution in [1.82, 2.24) is 9.97 Å². The zero-order valence-electron chi connectivity index (χ0n) is 13.7. The van der Waals surface area contributed by atoms with Gasteiger partial charge in [-0.1, -0.05) is 25.1 Å². The Morgan fingerprint density at radius 3 is 2.70 bits per heavy atom. The van der Waals surface area contributed by atoms with Gasteiger partial charge in [-0.15, -0.1) is 11.8 Å². The first-order chi connectivity index (χ1) is 11.2. The number of aromatic nitrogens is 2. The average molecular weight is 327 g/mol. The summed E-state index contributed by atoms with van der Waals surface area (Å²) in [7, 11) is 1.81. The van der Waals surface area contributed by atoms with E-state index in [2.05, 4.69) is 21.0 Å². The third-order valence-electron chi connectivity index (χ3n) is 3.13. The highest BCUT2D eigenvalue weighted by Gasteiger charge is 2.00. The molecule has 0 bridgehead atoms. The predicted octanol–water partition coefficient (Wildman–Crippen LogP) is 4.75. The molecule has 1 aromatic carbocycles. The number of aryl methyl sites for hydroxylation is 1. The zero-order chi connectivity index (χ0) is 16.5. The summed E-state index contributed by atoms with van der Waals surface area (Å²) in [5, 5.41) is 1.11. The second kappa shape index (κ2) is 9.10. The maximum absolute atomic E-state index is 5.41. The summed E-state index contributed by atoms with van der Waals surface area (Å²) in [6.45, 7) is 4.05. The largest absolute Gasteiger partial charge is 0.441 e. The maximum atomic E-state index is 5.41. The molecular weight excluding hydrogens is 306 g/mol. The molecule has 4 nitrogen and oxygen atoms in total. The van der Waals surface area contributed by atoms with Crippen LogP contribution in [-0.4, -0.2) is 22.1 Å². The van der Waals surface area contributed by atoms with Gasteiger partial charge in [0.1, 0.15) is 5.52 Å². The molecule has 0 fully saturated rings. The normalized spacial score (nSPS) is 11.2. The van der Waals surface area contributed by atoms with Crippen LogP contribution in [0.1, 0.15) is 25.3 Å². The van der Waals surface area contributed by atoms with Gasteiger partial charge in [-0.3, -0.25) is 9.98 Å². The van der Waals surface area contributed by atoms with Crippen LogP contribution in [0.5, 0.6) is 0 Å². The van der Waals surface area contributed by atoms with E-state index in [1.165, 1.54) is 5.56 Å². The molecule has 0 aliphatic rings. The van der Waals surface area contributed by atoms with E-state index in [4.69, 9.17) is 4.42 Å². The first kappa shape index (κ1) is 17.2. The fraction of sp³-hybridized carbons (Fsp3) is 0.278. The van der Waals surface area contributed by atoms with Gasteiger partial charge in [0.05, 0.1) is 5.04 Å². The third kappa shape index (κ3) is 5.53. The summed E-state index contributed by atoms with van der Waals surface area (Å²) in [5.74, 6) is 1.77. The number of nitrogens with zero attached hydrogens (tertiary/aromatic N) is 3. The highest BCUT2D eigenvalue weighted by Crippen LogP contribution is 2.14. The highest BCUT2D eigenvalue weighted by atomic mass is 32.2. The number of para-hydroxylation sites is 2. The summed E-state index contributed by atoms with van der Waals surface area (Å²) >= 11 is 1.74. The lowest BCUT2D eigenvalue weighted by atomic mass is 10.3. The number of benzene rings is 1. The minimum Gasteiger partial charge on any atom is -0.441 e. The molecule has 0 amide bonds. The second-order valence-electron chi connectivity index (χ2n) is 4.82. The van der Waals surface area contributed by atoms with Crippen LogP contribution in [-0.2, 0) is 12.2 Å². The van der Waals surface area contributed by atoms with Gasteiger partial charge in [0.25, 0.3) is 0 Å². The molecule has 2 heterocycles. The lowest BCUT2D eigenvalue weighted by molar-refractivity contribution is 0.538. The van der Waals surface area contributed by atoms with Crippen LogP contribution < -0.4 is 0 Å². The van der Waals surface area contributed by atoms with Gasteiger partial charge in [-0.25, -0.2) is 4.98 Å². The van der Waals surface area contributed by atoms with Gasteiger partial charge in [-0.05, 0) is 30.7 Å². The Morgan fingerprint density at radius 2 is 2.04 bits per heavy atom. The van der Waals surface area contributed by atoms with Crippen molar-refractivity contribution in [2.45, 2.75) is 26.0 Å². The smallest absolute Gasteiger partial charge is 0.195 e. The number of rotatable bonds is 3. The maximum Gasteiger partial charge on any atom is 0.195 e. The number of hydrogen-bond donors (Lipinski definition) is 0. The van der Waals surface area contributed by atoms with Gasteiger partial charge in [0.2, 0.25) is 0 Å². The van der Waals surface area contributed by atoms with Gasteiger partial charge >= 0.3 is 0 Å². The lowest BCUT2D eigenvalue weighted by Gasteiger charge is -1.98. The third-order valence-corrected chi connectivity index (χ3v) is 4.20. The topological polar surface area (TPSA) is 51.3 Å². The predicted molar refractivity (Wildman–Crippen MR) is 98.0 cm³/mol. The lowest BCUT2D eigenvalue weighted by Crippen LogP contribution is -1.86. The van der Waals surface area contributed by atoms with E-state index >= 15 is 0 Å². The second-order valence-corrected chi connectivity index (χ2v) is 5.99. The van der Waals surface area contributed by atoms with Gasteiger partial charge in [-0.2, -0.15) is 0 Å². The molecule has 23 heavy (non-hydrogen) atoms. The molecule has 0 saturated heterocycles. The molecule has 5 heteroatoms. The number of hydrogen-bond acceptors (Lipinski definition) is 5. The van der Waals surface area contributed by atoms with Crippen LogP contribution in [0.25, 0.3) is 11.1 Å². The van der Waals surface area contributed by atoms with Crippen LogP contribution in [0.2, 0.25) is 0 Å². The molecule has 2 aromatic heterocycles. The molecule has 120 valence electrons. The Bertz CT molecular complexity index is 720.